The van der Waals surface area contributed by atoms with Crippen LogP contribution in [0.25, 0.3) is 0 Å². The summed E-state index contributed by atoms with van der Waals surface area (Å²) in [7, 11) is 0. The van der Waals surface area contributed by atoms with Gasteiger partial charge >= 0.3 is 0 Å². The van der Waals surface area contributed by atoms with Crippen molar-refractivity contribution in [3.63, 3.8) is 0 Å². The third kappa shape index (κ3) is 5.84. The second kappa shape index (κ2) is 11.4. The Bertz CT molecular complexity index is 1320. The fourth-order valence-corrected chi connectivity index (χ4v) is 5.17. The van der Waals surface area contributed by atoms with Crippen LogP contribution in [-0.2, 0) is 17.6 Å². The van der Waals surface area contributed by atoms with E-state index in [9.17, 15) is 9.18 Å². The lowest BCUT2D eigenvalue weighted by Gasteiger charge is -2.24. The van der Waals surface area contributed by atoms with E-state index in [0.29, 0.717) is 29.9 Å². The summed E-state index contributed by atoms with van der Waals surface area (Å²) in [6.07, 6.45) is 4.80. The molecule has 4 N–H and O–H groups in total. The van der Waals surface area contributed by atoms with Crippen molar-refractivity contribution in [3.05, 3.63) is 93.4 Å². The molecule has 7 nitrogen and oxygen atoms in total. The maximum atomic E-state index is 14.7. The molecule has 0 radical (unpaired) electrons. The van der Waals surface area contributed by atoms with E-state index in [1.165, 1.54) is 12.3 Å². The number of fused-ring (bicyclic) bond motifs is 2. The lowest BCUT2D eigenvalue weighted by molar-refractivity contribution is 0.0857. The van der Waals surface area contributed by atoms with E-state index in [1.807, 2.05) is 24.3 Å². The van der Waals surface area contributed by atoms with Crippen LogP contribution in [-0.4, -0.2) is 35.3 Å². The number of anilines is 1. The summed E-state index contributed by atoms with van der Waals surface area (Å²) < 4.78 is 20.2. The third-order valence-corrected chi connectivity index (χ3v) is 7.17. The molecule has 1 saturated heterocycles. The topological polar surface area (TPSA) is 87.3 Å². The maximum absolute atomic E-state index is 14.7. The Kier molecular flexibility index (Phi) is 7.83. The monoisotopic (exact) mass is 539 g/mol. The van der Waals surface area contributed by atoms with Gasteiger partial charge in [-0.1, -0.05) is 48.0 Å². The van der Waals surface area contributed by atoms with Crippen molar-refractivity contribution < 1.29 is 13.9 Å². The van der Waals surface area contributed by atoms with Gasteiger partial charge in [0.05, 0.1) is 22.7 Å². The van der Waals surface area contributed by atoms with Crippen molar-refractivity contribution in [1.29, 1.82) is 0 Å². The number of ether oxygens (including phenoxy) is 1. The number of carbonyl (C=O) groups is 1. The zero-order chi connectivity index (χ0) is 25.8. The predicted molar refractivity (Wildman–Crippen MR) is 145 cm³/mol. The van der Waals surface area contributed by atoms with Crippen LogP contribution in [0.15, 0.2) is 54.7 Å². The fourth-order valence-electron chi connectivity index (χ4n) is 4.79. The summed E-state index contributed by atoms with van der Waals surface area (Å²) >= 11 is 11.9. The van der Waals surface area contributed by atoms with Crippen molar-refractivity contribution in [2.24, 2.45) is 0 Å². The number of aromatic nitrogens is 1. The summed E-state index contributed by atoms with van der Waals surface area (Å²) in [5.41, 5.74) is 9.88. The molecule has 10 heteroatoms. The molecule has 1 fully saturated rings. The van der Waals surface area contributed by atoms with E-state index >= 15 is 0 Å². The predicted octanol–water partition coefficient (Wildman–Crippen LogP) is 4.46. The third-order valence-electron chi connectivity index (χ3n) is 6.66. The second-order valence-corrected chi connectivity index (χ2v) is 9.88. The molecule has 2 aromatic carbocycles. The Labute approximate surface area is 225 Å². The fraction of sp³-hybridized carbons (Fsp3) is 0.296. The Morgan fingerprint density at radius 1 is 1.16 bits per heavy atom. The average Bonchev–Trinajstić information content (AvgIpc) is 3.37. The zero-order valence-electron chi connectivity index (χ0n) is 20.0. The van der Waals surface area contributed by atoms with E-state index < -0.39 is 0 Å². The summed E-state index contributed by atoms with van der Waals surface area (Å²) in [6.45, 7) is 1.18. The zero-order valence-corrected chi connectivity index (χ0v) is 21.6. The van der Waals surface area contributed by atoms with Crippen molar-refractivity contribution in [2.45, 2.75) is 37.8 Å². The first-order chi connectivity index (χ1) is 18.0. The molecule has 2 unspecified atom stereocenters. The van der Waals surface area contributed by atoms with Gasteiger partial charge in [-0.15, -0.1) is 0 Å². The Hall–Kier alpha value is -3.27. The average molecular weight is 540 g/mol. The highest BCUT2D eigenvalue weighted by Crippen LogP contribution is 2.33. The molecular weight excluding hydrogens is 513 g/mol. The summed E-state index contributed by atoms with van der Waals surface area (Å²) in [5.74, 6) is -0.168. The highest BCUT2D eigenvalue weighted by molar-refractivity contribution is 7.80. The van der Waals surface area contributed by atoms with Gasteiger partial charge in [-0.2, -0.15) is 0 Å². The first kappa shape index (κ1) is 25.4. The van der Waals surface area contributed by atoms with Crippen molar-refractivity contribution in [1.82, 2.24) is 21.0 Å². The van der Waals surface area contributed by atoms with Crippen LogP contribution in [0.1, 0.15) is 51.5 Å². The number of benzene rings is 2. The molecule has 0 saturated carbocycles. The number of halogens is 2. The van der Waals surface area contributed by atoms with E-state index in [0.717, 1.165) is 42.6 Å². The van der Waals surface area contributed by atoms with Crippen molar-refractivity contribution in [2.75, 3.05) is 18.6 Å². The molecule has 1 aromatic heterocycles. The molecule has 37 heavy (non-hydrogen) atoms. The van der Waals surface area contributed by atoms with Gasteiger partial charge in [0.2, 0.25) is 0 Å². The molecule has 2 heterocycles. The van der Waals surface area contributed by atoms with Crippen LogP contribution < -0.4 is 21.5 Å². The first-order valence-corrected chi connectivity index (χ1v) is 13.0. The van der Waals surface area contributed by atoms with E-state index in [1.54, 1.807) is 12.1 Å². The number of aryl methyl sites for hydroxylation is 1. The standard InChI is InChI=1S/C27H27ClFN5O2S/c28-22-13-17(26(35)31-15-18-6-4-12-36-18)14-30-25(22)33-34-27(37)32-24-19-7-2-1-5-16(19)10-11-20-21(24)8-3-9-23(20)29/h1-3,5,7-9,13-14,18,24H,4,6,10-12,15H2,(H,30,33)(H,31,35)(H2,32,34,37). The number of nitrogens with one attached hydrogen (secondary N) is 4. The van der Waals surface area contributed by atoms with Gasteiger partial charge in [0.25, 0.3) is 5.91 Å². The molecule has 192 valence electrons. The minimum absolute atomic E-state index is 0.0508. The molecule has 1 aliphatic carbocycles. The van der Waals surface area contributed by atoms with Crippen LogP contribution in [0.2, 0.25) is 5.02 Å². The van der Waals surface area contributed by atoms with Gasteiger partial charge in [-0.05, 0) is 72.3 Å². The van der Waals surface area contributed by atoms with Crippen LogP contribution in [0.4, 0.5) is 10.2 Å². The van der Waals surface area contributed by atoms with Crippen molar-refractivity contribution >= 4 is 40.7 Å². The van der Waals surface area contributed by atoms with Gasteiger partial charge < -0.3 is 15.4 Å². The number of nitrogens with zero attached hydrogens (tertiary/aromatic N) is 1. The lowest BCUT2D eigenvalue weighted by atomic mass is 9.94. The van der Waals surface area contributed by atoms with Gasteiger partial charge in [-0.25, -0.2) is 9.37 Å². The highest BCUT2D eigenvalue weighted by atomic mass is 35.5. The number of hydrazine groups is 1. The number of hydrogen-bond donors (Lipinski definition) is 4. The molecule has 2 aliphatic rings. The van der Waals surface area contributed by atoms with Gasteiger partial charge in [0.15, 0.2) is 10.9 Å². The largest absolute Gasteiger partial charge is 0.376 e. The van der Waals surface area contributed by atoms with Crippen LogP contribution in [0, 0.1) is 5.82 Å². The minimum atomic E-state index is -0.329. The number of amides is 1. The van der Waals surface area contributed by atoms with E-state index in [4.69, 9.17) is 28.6 Å². The smallest absolute Gasteiger partial charge is 0.252 e. The molecule has 3 aromatic rings. The Balaban J connectivity index is 1.24. The second-order valence-electron chi connectivity index (χ2n) is 9.06. The van der Waals surface area contributed by atoms with E-state index in [-0.39, 0.29) is 34.0 Å². The number of pyridine rings is 1. The van der Waals surface area contributed by atoms with Gasteiger partial charge in [0.1, 0.15) is 5.82 Å². The summed E-state index contributed by atoms with van der Waals surface area (Å²) in [5, 5.41) is 6.70. The Morgan fingerprint density at radius 2 is 2.00 bits per heavy atom. The molecule has 1 aliphatic heterocycles. The molecule has 0 spiro atoms. The SMILES string of the molecule is O=C(NCC1CCCO1)c1cnc(NNC(=S)NC2c3ccccc3CCc3c(F)cccc32)c(Cl)c1. The lowest BCUT2D eigenvalue weighted by Crippen LogP contribution is -2.41. The molecule has 5 rings (SSSR count). The quantitative estimate of drug-likeness (QED) is 0.272. The molecule has 0 bridgehead atoms. The summed E-state index contributed by atoms with van der Waals surface area (Å²) in [6, 6.07) is 14.4. The van der Waals surface area contributed by atoms with E-state index in [2.05, 4.69) is 32.5 Å². The number of hydrogen-bond acceptors (Lipinski definition) is 5. The summed E-state index contributed by atoms with van der Waals surface area (Å²) in [4.78, 5) is 16.7. The number of thiocarbonyl (C=S) groups is 1. The Morgan fingerprint density at radius 3 is 2.81 bits per heavy atom. The minimum Gasteiger partial charge on any atom is -0.376 e. The number of rotatable bonds is 6. The molecule has 2 atom stereocenters. The van der Waals surface area contributed by atoms with Gasteiger partial charge in [-0.3, -0.25) is 15.6 Å². The van der Waals surface area contributed by atoms with Crippen molar-refractivity contribution in [3.8, 4) is 0 Å². The van der Waals surface area contributed by atoms with Crippen LogP contribution in [0.5, 0.6) is 0 Å². The maximum Gasteiger partial charge on any atom is 0.252 e. The number of carbonyl (C=O) groups excluding carboxylic acids is 1. The van der Waals surface area contributed by atoms with Crippen LogP contribution in [0.3, 0.4) is 0 Å². The van der Waals surface area contributed by atoms with Crippen LogP contribution >= 0.6 is 23.8 Å². The van der Waals surface area contributed by atoms with Gasteiger partial charge in [0, 0.05) is 19.3 Å². The molecular formula is C27H27ClFN5O2S. The first-order valence-electron chi connectivity index (χ1n) is 12.2. The normalized spacial score (nSPS) is 18.2. The highest BCUT2D eigenvalue weighted by Gasteiger charge is 2.26. The molecule has 1 amide bonds.